The number of likely N-dealkylation sites (N-methyl/N-ethyl adjacent to an activating group) is 1. The Balaban J connectivity index is 2.41. The van der Waals surface area contributed by atoms with Gasteiger partial charge in [0, 0.05) is 19.2 Å². The fraction of sp³-hybridized carbons (Fsp3) is 0.286. The van der Waals surface area contributed by atoms with Crippen molar-refractivity contribution in [1.82, 2.24) is 9.47 Å². The Morgan fingerprint density at radius 3 is 2.74 bits per heavy atom. The zero-order chi connectivity index (χ0) is 14.0. The van der Waals surface area contributed by atoms with Crippen LogP contribution in [0.25, 0.3) is 10.9 Å². The van der Waals surface area contributed by atoms with Gasteiger partial charge in [0.1, 0.15) is 0 Å². The van der Waals surface area contributed by atoms with E-state index in [0.29, 0.717) is 12.1 Å². The van der Waals surface area contributed by atoms with E-state index < -0.39 is 5.97 Å². The molecule has 0 aliphatic rings. The highest BCUT2D eigenvalue weighted by Crippen LogP contribution is 2.13. The minimum atomic E-state index is -0.903. The molecule has 1 heterocycles. The van der Waals surface area contributed by atoms with E-state index in [-0.39, 0.29) is 12.1 Å². The van der Waals surface area contributed by atoms with Gasteiger partial charge in [-0.3, -0.25) is 14.5 Å². The van der Waals surface area contributed by atoms with Crippen molar-refractivity contribution >= 4 is 16.9 Å². The molecular weight excluding hydrogens is 244 g/mol. The molecule has 100 valence electrons. The van der Waals surface area contributed by atoms with E-state index in [4.69, 9.17) is 5.11 Å². The highest BCUT2D eigenvalue weighted by atomic mass is 16.4. The van der Waals surface area contributed by atoms with Gasteiger partial charge in [0.15, 0.2) is 0 Å². The molecule has 0 amide bonds. The second kappa shape index (κ2) is 5.24. The predicted octanol–water partition coefficient (Wildman–Crippen LogP) is 1.05. The predicted molar refractivity (Wildman–Crippen MR) is 73.2 cm³/mol. The number of aliphatic carboxylic acids is 1. The summed E-state index contributed by atoms with van der Waals surface area (Å²) in [5, 5.41) is 9.71. The summed E-state index contributed by atoms with van der Waals surface area (Å²) in [6, 6.07) is 9.46. The molecule has 0 fully saturated rings. The maximum Gasteiger partial charge on any atom is 0.317 e. The van der Waals surface area contributed by atoms with E-state index in [1.165, 1.54) is 0 Å². The van der Waals surface area contributed by atoms with E-state index >= 15 is 0 Å². The third-order valence-electron chi connectivity index (χ3n) is 3.05. The average molecular weight is 260 g/mol. The molecule has 2 rings (SSSR count). The lowest BCUT2D eigenvalue weighted by Crippen LogP contribution is -2.30. The van der Waals surface area contributed by atoms with E-state index in [1.807, 2.05) is 30.3 Å². The van der Waals surface area contributed by atoms with Crippen molar-refractivity contribution in [1.29, 1.82) is 0 Å². The van der Waals surface area contributed by atoms with Gasteiger partial charge >= 0.3 is 5.97 Å². The molecule has 0 saturated carbocycles. The normalized spacial score (nSPS) is 11.1. The number of carboxylic acid groups (broad SMARTS) is 1. The Bertz CT molecular complexity index is 676. The van der Waals surface area contributed by atoms with Gasteiger partial charge in [-0.15, -0.1) is 0 Å². The minimum absolute atomic E-state index is 0.0871. The monoisotopic (exact) mass is 260 g/mol. The number of carbonyl (C=O) groups is 1. The number of rotatable bonds is 4. The summed E-state index contributed by atoms with van der Waals surface area (Å²) in [7, 11) is 3.41. The molecule has 0 radical (unpaired) electrons. The molecule has 5 heteroatoms. The summed E-state index contributed by atoms with van der Waals surface area (Å²) < 4.78 is 1.60. The highest BCUT2D eigenvalue weighted by molar-refractivity contribution is 5.79. The molecule has 0 saturated heterocycles. The summed E-state index contributed by atoms with van der Waals surface area (Å²) >= 11 is 0. The van der Waals surface area contributed by atoms with Crippen LogP contribution >= 0.6 is 0 Å². The summed E-state index contributed by atoms with van der Waals surface area (Å²) in [5.41, 5.74) is 1.39. The zero-order valence-electron chi connectivity index (χ0n) is 11.0. The van der Waals surface area contributed by atoms with Crippen molar-refractivity contribution in [2.45, 2.75) is 6.54 Å². The van der Waals surface area contributed by atoms with Crippen molar-refractivity contribution in [2.75, 3.05) is 13.6 Å². The maximum atomic E-state index is 12.2. The summed E-state index contributed by atoms with van der Waals surface area (Å²) in [6.07, 6.45) is 0. The standard InChI is InChI=1S/C14H16N2O3/c1-15(9-13(17)18)8-11-7-10-5-3-4-6-12(10)16(2)14(11)19/h3-7H,8-9H2,1-2H3,(H,17,18). The van der Waals surface area contributed by atoms with Crippen molar-refractivity contribution < 1.29 is 9.90 Å². The van der Waals surface area contributed by atoms with Gasteiger partial charge in [0.25, 0.3) is 5.56 Å². The largest absolute Gasteiger partial charge is 0.480 e. The molecule has 0 atom stereocenters. The fourth-order valence-electron chi connectivity index (χ4n) is 2.18. The molecule has 1 aromatic heterocycles. The molecule has 2 aromatic rings. The van der Waals surface area contributed by atoms with Crippen LogP contribution in [0.1, 0.15) is 5.56 Å². The number of hydrogen-bond donors (Lipinski definition) is 1. The van der Waals surface area contributed by atoms with Crippen LogP contribution in [0.5, 0.6) is 0 Å². The first kappa shape index (κ1) is 13.3. The molecule has 19 heavy (non-hydrogen) atoms. The third-order valence-corrected chi connectivity index (χ3v) is 3.05. The van der Waals surface area contributed by atoms with Crippen LogP contribution in [-0.2, 0) is 18.4 Å². The van der Waals surface area contributed by atoms with E-state index in [2.05, 4.69) is 0 Å². The molecule has 1 aromatic carbocycles. The van der Waals surface area contributed by atoms with Crippen LogP contribution in [0.4, 0.5) is 0 Å². The quantitative estimate of drug-likeness (QED) is 0.892. The Labute approximate surface area is 110 Å². The van der Waals surface area contributed by atoms with Crippen molar-refractivity contribution in [3.05, 3.63) is 46.2 Å². The Morgan fingerprint density at radius 1 is 1.37 bits per heavy atom. The molecular formula is C14H16N2O3. The van der Waals surface area contributed by atoms with E-state index in [0.717, 1.165) is 10.9 Å². The van der Waals surface area contributed by atoms with Gasteiger partial charge < -0.3 is 9.67 Å². The van der Waals surface area contributed by atoms with Crippen LogP contribution in [0.15, 0.2) is 35.1 Å². The first-order valence-corrected chi connectivity index (χ1v) is 5.97. The lowest BCUT2D eigenvalue weighted by atomic mass is 10.1. The van der Waals surface area contributed by atoms with E-state index in [1.54, 1.807) is 23.6 Å². The Kier molecular flexibility index (Phi) is 3.66. The van der Waals surface area contributed by atoms with Crippen LogP contribution < -0.4 is 5.56 Å². The Morgan fingerprint density at radius 2 is 2.05 bits per heavy atom. The molecule has 0 unspecified atom stereocenters. The number of para-hydroxylation sites is 1. The number of carboxylic acids is 1. The van der Waals surface area contributed by atoms with Crippen LogP contribution in [0.2, 0.25) is 0 Å². The highest BCUT2D eigenvalue weighted by Gasteiger charge is 2.10. The number of aryl methyl sites for hydroxylation is 1. The topological polar surface area (TPSA) is 62.5 Å². The number of fused-ring (bicyclic) bond motifs is 1. The van der Waals surface area contributed by atoms with Gasteiger partial charge in [-0.05, 0) is 24.6 Å². The number of pyridine rings is 1. The van der Waals surface area contributed by atoms with E-state index in [9.17, 15) is 9.59 Å². The molecule has 1 N–H and O–H groups in total. The minimum Gasteiger partial charge on any atom is -0.480 e. The first-order valence-electron chi connectivity index (χ1n) is 5.97. The number of benzene rings is 1. The lowest BCUT2D eigenvalue weighted by molar-refractivity contribution is -0.138. The SMILES string of the molecule is CN(CC(=O)O)Cc1cc2ccccc2n(C)c1=O. The zero-order valence-corrected chi connectivity index (χ0v) is 11.0. The second-order valence-electron chi connectivity index (χ2n) is 4.66. The molecule has 0 aliphatic heterocycles. The summed E-state index contributed by atoms with van der Waals surface area (Å²) in [4.78, 5) is 24.4. The summed E-state index contributed by atoms with van der Waals surface area (Å²) in [6.45, 7) is 0.236. The molecule has 0 spiro atoms. The number of aromatic nitrogens is 1. The second-order valence-corrected chi connectivity index (χ2v) is 4.66. The van der Waals surface area contributed by atoms with Crippen molar-refractivity contribution in [3.63, 3.8) is 0 Å². The van der Waals surface area contributed by atoms with Crippen LogP contribution in [0, 0.1) is 0 Å². The maximum absolute atomic E-state index is 12.2. The van der Waals surface area contributed by atoms with Gasteiger partial charge in [-0.25, -0.2) is 0 Å². The molecule has 0 aliphatic carbocycles. The van der Waals surface area contributed by atoms with Crippen molar-refractivity contribution in [2.24, 2.45) is 7.05 Å². The first-order chi connectivity index (χ1) is 8.99. The number of hydrogen-bond acceptors (Lipinski definition) is 3. The average Bonchev–Trinajstić information content (AvgIpc) is 2.34. The van der Waals surface area contributed by atoms with Gasteiger partial charge in [-0.2, -0.15) is 0 Å². The fourth-order valence-corrected chi connectivity index (χ4v) is 2.18. The van der Waals surface area contributed by atoms with Crippen LogP contribution in [-0.4, -0.2) is 34.1 Å². The lowest BCUT2D eigenvalue weighted by Gasteiger charge is -2.15. The smallest absolute Gasteiger partial charge is 0.317 e. The van der Waals surface area contributed by atoms with Gasteiger partial charge in [0.2, 0.25) is 0 Å². The molecule has 0 bridgehead atoms. The van der Waals surface area contributed by atoms with Gasteiger partial charge in [0.05, 0.1) is 12.1 Å². The number of nitrogens with zero attached hydrogens (tertiary/aromatic N) is 2. The van der Waals surface area contributed by atoms with Crippen molar-refractivity contribution in [3.8, 4) is 0 Å². The third kappa shape index (κ3) is 2.82. The summed E-state index contributed by atoms with van der Waals surface area (Å²) in [5.74, 6) is -0.903. The van der Waals surface area contributed by atoms with Gasteiger partial charge in [-0.1, -0.05) is 18.2 Å². The van der Waals surface area contributed by atoms with Crippen LogP contribution in [0.3, 0.4) is 0 Å². The Hall–Kier alpha value is -2.14. The molecule has 5 nitrogen and oxygen atoms in total.